The van der Waals surface area contributed by atoms with Crippen molar-refractivity contribution >= 4 is 0 Å². The molecule has 3 heterocycles. The van der Waals surface area contributed by atoms with Crippen molar-refractivity contribution in [2.45, 2.75) is 152 Å². The Morgan fingerprint density at radius 1 is 0.500 bits per heavy atom. The molecule has 0 amide bonds. The zero-order valence-corrected chi connectivity index (χ0v) is 25.4. The average molecular weight is 511 g/mol. The molecule has 15 atom stereocenters. The van der Waals surface area contributed by atoms with Crippen molar-refractivity contribution in [1.29, 1.82) is 0 Å². The molecular formula is C31H58O5. The summed E-state index contributed by atoms with van der Waals surface area (Å²) < 4.78 is 33.5. The third kappa shape index (κ3) is 6.01. The first-order valence-corrected chi connectivity index (χ1v) is 15.2. The summed E-state index contributed by atoms with van der Waals surface area (Å²) in [6, 6.07) is 0. The molecule has 36 heavy (non-hydrogen) atoms. The lowest BCUT2D eigenvalue weighted by molar-refractivity contribution is -0.340. The van der Waals surface area contributed by atoms with E-state index in [9.17, 15) is 0 Å². The zero-order chi connectivity index (χ0) is 26.9. The molecule has 0 aromatic heterocycles. The Bertz CT molecular complexity index is 663. The Hall–Kier alpha value is -0.200. The van der Waals surface area contributed by atoms with Gasteiger partial charge in [-0.3, -0.25) is 0 Å². The second-order valence-electron chi connectivity index (χ2n) is 12.9. The second-order valence-corrected chi connectivity index (χ2v) is 12.9. The molecule has 0 aromatic carbocycles. The van der Waals surface area contributed by atoms with Crippen LogP contribution >= 0.6 is 0 Å². The molecule has 3 rings (SSSR count). The predicted molar refractivity (Wildman–Crippen MR) is 146 cm³/mol. The van der Waals surface area contributed by atoms with E-state index < -0.39 is 0 Å². The van der Waals surface area contributed by atoms with Crippen LogP contribution in [0, 0.1) is 47.3 Å². The van der Waals surface area contributed by atoms with E-state index in [1.807, 2.05) is 0 Å². The van der Waals surface area contributed by atoms with Gasteiger partial charge < -0.3 is 23.7 Å². The maximum atomic E-state index is 6.85. The molecule has 3 aliphatic rings. The fourth-order valence-corrected chi connectivity index (χ4v) is 7.02. The van der Waals surface area contributed by atoms with Gasteiger partial charge in [-0.2, -0.15) is 0 Å². The fraction of sp³-hybridized carbons (Fsp3) is 1.00. The molecule has 3 aliphatic heterocycles. The molecule has 212 valence electrons. The number of ether oxygens (including phenoxy) is 5. The van der Waals surface area contributed by atoms with Crippen LogP contribution in [0.5, 0.6) is 0 Å². The van der Waals surface area contributed by atoms with Crippen LogP contribution in [0.2, 0.25) is 0 Å². The lowest BCUT2D eigenvalue weighted by atomic mass is 9.77. The first-order chi connectivity index (χ1) is 17.0. The first kappa shape index (κ1) is 30.3. The molecule has 5 nitrogen and oxygen atoms in total. The minimum atomic E-state index is -0.246. The smallest absolute Gasteiger partial charge is 0.161 e. The van der Waals surface area contributed by atoms with Gasteiger partial charge in [-0.05, 0) is 54.8 Å². The summed E-state index contributed by atoms with van der Waals surface area (Å²) in [5.74, 6) is 3.38. The standard InChI is InChI=1S/C31H58O5/c1-13-24-18(7)17(6)22(11)30(33-24)36-29-21(10)23(12)31(34-26(29)15-3)35-28-20(9)19(8)27(16(4)5)32-25(28)14-2/h16-31H,13-15H2,1-12H3/t17-,18+,19?,20+,21+,22?,23?,24?,25?,26?,27?,28-,29+,30+,31-/m0/s1. The van der Waals surface area contributed by atoms with Gasteiger partial charge in [-0.1, -0.05) is 83.1 Å². The van der Waals surface area contributed by atoms with Gasteiger partial charge in [0.2, 0.25) is 0 Å². The third-order valence-corrected chi connectivity index (χ3v) is 10.4. The van der Waals surface area contributed by atoms with Gasteiger partial charge in [0.05, 0.1) is 36.6 Å². The van der Waals surface area contributed by atoms with Crippen LogP contribution in [0.4, 0.5) is 0 Å². The van der Waals surface area contributed by atoms with Crippen LogP contribution in [0.3, 0.4) is 0 Å². The Labute approximate surface area is 222 Å². The number of rotatable bonds is 8. The summed E-state index contributed by atoms with van der Waals surface area (Å²) in [7, 11) is 0. The van der Waals surface area contributed by atoms with Crippen LogP contribution < -0.4 is 0 Å². The first-order valence-electron chi connectivity index (χ1n) is 15.2. The summed E-state index contributed by atoms with van der Waals surface area (Å²) in [4.78, 5) is 0. The van der Waals surface area contributed by atoms with Crippen molar-refractivity contribution in [3.8, 4) is 0 Å². The highest BCUT2D eigenvalue weighted by Crippen LogP contribution is 2.43. The van der Waals surface area contributed by atoms with E-state index in [1.54, 1.807) is 0 Å². The summed E-state index contributed by atoms with van der Waals surface area (Å²) in [5, 5.41) is 0. The Morgan fingerprint density at radius 3 is 1.39 bits per heavy atom. The minimum Gasteiger partial charge on any atom is -0.372 e. The second kappa shape index (κ2) is 12.8. The highest BCUT2D eigenvalue weighted by atomic mass is 16.7. The van der Waals surface area contributed by atoms with E-state index in [0.29, 0.717) is 41.4 Å². The van der Waals surface area contributed by atoms with Gasteiger partial charge in [-0.25, -0.2) is 0 Å². The summed E-state index contributed by atoms with van der Waals surface area (Å²) >= 11 is 0. The van der Waals surface area contributed by atoms with E-state index in [4.69, 9.17) is 23.7 Å². The van der Waals surface area contributed by atoms with Gasteiger partial charge in [0, 0.05) is 11.8 Å². The van der Waals surface area contributed by atoms with E-state index in [1.165, 1.54) is 0 Å². The van der Waals surface area contributed by atoms with E-state index in [0.717, 1.165) is 19.3 Å². The molecule has 5 heteroatoms. The lowest BCUT2D eigenvalue weighted by Crippen LogP contribution is -2.58. The SMILES string of the molecule is CCC1OC(C(C)C)C(C)[C@@H](C)[C@@H]1O[C@@H]1OC(CC)[C@H](O[C@H]2OC(CC)[C@H](C)[C@H](C)C2C)[C@H](C)C1C. The van der Waals surface area contributed by atoms with Crippen molar-refractivity contribution in [1.82, 2.24) is 0 Å². The van der Waals surface area contributed by atoms with Gasteiger partial charge in [0.25, 0.3) is 0 Å². The molecule has 3 saturated heterocycles. The highest BCUT2D eigenvalue weighted by Gasteiger charge is 2.49. The monoisotopic (exact) mass is 510 g/mol. The quantitative estimate of drug-likeness (QED) is 0.342. The summed E-state index contributed by atoms with van der Waals surface area (Å²) in [6.45, 7) is 27.3. The van der Waals surface area contributed by atoms with Gasteiger partial charge in [0.1, 0.15) is 0 Å². The number of hydrogen-bond donors (Lipinski definition) is 0. The van der Waals surface area contributed by atoms with Crippen LogP contribution in [-0.2, 0) is 23.7 Å². The van der Waals surface area contributed by atoms with Gasteiger partial charge in [0.15, 0.2) is 12.6 Å². The Morgan fingerprint density at radius 2 is 0.917 bits per heavy atom. The van der Waals surface area contributed by atoms with Crippen molar-refractivity contribution in [2.24, 2.45) is 47.3 Å². The van der Waals surface area contributed by atoms with Crippen molar-refractivity contribution < 1.29 is 23.7 Å². The molecule has 0 spiro atoms. The normalized spacial score (nSPS) is 50.4. The largest absolute Gasteiger partial charge is 0.372 e. The Kier molecular flexibility index (Phi) is 10.8. The van der Waals surface area contributed by atoms with Crippen LogP contribution in [0.1, 0.15) is 102 Å². The summed E-state index contributed by atoms with van der Waals surface area (Å²) in [6.07, 6.45) is 3.13. The van der Waals surface area contributed by atoms with Crippen LogP contribution in [0.25, 0.3) is 0 Å². The van der Waals surface area contributed by atoms with Crippen LogP contribution in [-0.4, -0.2) is 49.2 Å². The maximum absolute atomic E-state index is 6.85. The fourth-order valence-electron chi connectivity index (χ4n) is 7.02. The number of hydrogen-bond acceptors (Lipinski definition) is 5. The third-order valence-electron chi connectivity index (χ3n) is 10.4. The molecule has 0 aliphatic carbocycles. The summed E-state index contributed by atoms with van der Waals surface area (Å²) in [5.41, 5.74) is 0. The molecular weight excluding hydrogens is 452 g/mol. The van der Waals surface area contributed by atoms with Crippen molar-refractivity contribution in [3.63, 3.8) is 0 Å². The highest BCUT2D eigenvalue weighted by molar-refractivity contribution is 4.93. The average Bonchev–Trinajstić information content (AvgIpc) is 2.86. The van der Waals surface area contributed by atoms with E-state index in [-0.39, 0.29) is 55.1 Å². The van der Waals surface area contributed by atoms with Crippen molar-refractivity contribution in [2.75, 3.05) is 0 Å². The Balaban J connectivity index is 1.72. The zero-order valence-electron chi connectivity index (χ0n) is 25.4. The van der Waals surface area contributed by atoms with Crippen molar-refractivity contribution in [3.05, 3.63) is 0 Å². The predicted octanol–water partition coefficient (Wildman–Crippen LogP) is 7.31. The van der Waals surface area contributed by atoms with Gasteiger partial charge in [-0.15, -0.1) is 0 Å². The minimum absolute atomic E-state index is 0.00154. The molecule has 3 fully saturated rings. The lowest BCUT2D eigenvalue weighted by Gasteiger charge is -2.51. The molecule has 7 unspecified atom stereocenters. The molecule has 0 aromatic rings. The molecule has 0 radical (unpaired) electrons. The molecule has 0 N–H and O–H groups in total. The van der Waals surface area contributed by atoms with E-state index >= 15 is 0 Å². The maximum Gasteiger partial charge on any atom is 0.161 e. The molecule has 0 bridgehead atoms. The molecule has 0 saturated carbocycles. The topological polar surface area (TPSA) is 46.2 Å². The van der Waals surface area contributed by atoms with Gasteiger partial charge >= 0.3 is 0 Å². The van der Waals surface area contributed by atoms with Crippen LogP contribution in [0.15, 0.2) is 0 Å². The van der Waals surface area contributed by atoms with E-state index in [2.05, 4.69) is 83.1 Å².